The van der Waals surface area contributed by atoms with Gasteiger partial charge in [0, 0.05) is 42.5 Å². The number of piperidine rings is 1. The summed E-state index contributed by atoms with van der Waals surface area (Å²) in [5.74, 6) is 0.0303. The Labute approximate surface area is 246 Å². The molecule has 12 nitrogen and oxygen atoms in total. The number of carbonyl (C=O) groups excluding carboxylic acids is 1. The second kappa shape index (κ2) is 10.5. The van der Waals surface area contributed by atoms with Gasteiger partial charge in [-0.3, -0.25) is 14.3 Å². The van der Waals surface area contributed by atoms with Crippen LogP contribution >= 0.6 is 0 Å². The molecule has 0 bridgehead atoms. The van der Waals surface area contributed by atoms with E-state index in [4.69, 9.17) is 5.73 Å². The standard InChI is InChI=1S/C31H30N8O4/c32-28-27-23(17-25(38(27)34-18-33-28)20-12-15-36(16-13-20)31(42)43)19-8-10-21(11-9-19)35-29(40)26-24-7-4-14-37(24)39(30(26)41)22-5-2-1-3-6-22/h1-3,5-6,8-11,17-18,20H,4,7,12-16H2,(H,35,40)(H,42,43)(H2,32,33,34). The summed E-state index contributed by atoms with van der Waals surface area (Å²) in [4.78, 5) is 43.9. The average Bonchev–Trinajstić information content (AvgIpc) is 3.71. The Morgan fingerprint density at radius 2 is 1.74 bits per heavy atom. The lowest BCUT2D eigenvalue weighted by atomic mass is 9.93. The molecule has 2 aromatic carbocycles. The van der Waals surface area contributed by atoms with Crippen LogP contribution in [0.15, 0.2) is 71.8 Å². The summed E-state index contributed by atoms with van der Waals surface area (Å²) in [5.41, 5.74) is 11.6. The van der Waals surface area contributed by atoms with E-state index in [0.29, 0.717) is 55.9 Å². The van der Waals surface area contributed by atoms with Gasteiger partial charge in [-0.2, -0.15) is 5.10 Å². The van der Waals surface area contributed by atoms with Gasteiger partial charge in [0.05, 0.1) is 11.4 Å². The van der Waals surface area contributed by atoms with Crippen LogP contribution in [-0.2, 0) is 13.0 Å². The molecule has 2 aliphatic heterocycles. The maximum atomic E-state index is 13.4. The quantitative estimate of drug-likeness (QED) is 0.285. The molecular formula is C31H30N8O4. The summed E-state index contributed by atoms with van der Waals surface area (Å²) in [6.07, 6.45) is 3.42. The van der Waals surface area contributed by atoms with Crippen LogP contribution in [0.3, 0.4) is 0 Å². The van der Waals surface area contributed by atoms with E-state index in [1.807, 2.05) is 53.2 Å². The minimum absolute atomic E-state index is 0.119. The largest absolute Gasteiger partial charge is 0.465 e. The molecule has 4 N–H and O–H groups in total. The van der Waals surface area contributed by atoms with Gasteiger partial charge in [-0.15, -0.1) is 0 Å². The molecule has 0 radical (unpaired) electrons. The van der Waals surface area contributed by atoms with Crippen LogP contribution in [-0.4, -0.2) is 59.1 Å². The number of hydrogen-bond acceptors (Lipinski definition) is 6. The van der Waals surface area contributed by atoms with Crippen molar-refractivity contribution >= 4 is 29.0 Å². The molecule has 5 heterocycles. The van der Waals surface area contributed by atoms with E-state index in [1.165, 1.54) is 11.2 Å². The molecule has 0 saturated carbocycles. The van der Waals surface area contributed by atoms with Crippen molar-refractivity contribution in [2.24, 2.45) is 0 Å². The molecular weight excluding hydrogens is 548 g/mol. The van der Waals surface area contributed by atoms with E-state index in [9.17, 15) is 19.5 Å². The van der Waals surface area contributed by atoms with E-state index in [2.05, 4.69) is 15.4 Å². The Kier molecular flexibility index (Phi) is 6.45. The van der Waals surface area contributed by atoms with Gasteiger partial charge in [0.15, 0.2) is 5.82 Å². The van der Waals surface area contributed by atoms with Crippen LogP contribution in [0.5, 0.6) is 0 Å². The van der Waals surface area contributed by atoms with Gasteiger partial charge in [-0.05, 0) is 61.6 Å². The summed E-state index contributed by atoms with van der Waals surface area (Å²) in [7, 11) is 0. The van der Waals surface area contributed by atoms with Gasteiger partial charge < -0.3 is 21.1 Å². The Bertz CT molecular complexity index is 1920. The van der Waals surface area contributed by atoms with Crippen molar-refractivity contribution in [2.75, 3.05) is 24.1 Å². The van der Waals surface area contributed by atoms with Gasteiger partial charge in [-0.25, -0.2) is 19.0 Å². The summed E-state index contributed by atoms with van der Waals surface area (Å²) in [6, 6.07) is 18.8. The molecule has 7 rings (SSSR count). The predicted octanol–water partition coefficient (Wildman–Crippen LogP) is 3.99. The van der Waals surface area contributed by atoms with Crippen LogP contribution in [0, 0.1) is 0 Å². The topological polar surface area (TPSA) is 153 Å². The number of fused-ring (bicyclic) bond motifs is 2. The molecule has 5 aromatic rings. The Morgan fingerprint density at radius 3 is 2.47 bits per heavy atom. The number of para-hydroxylation sites is 1. The van der Waals surface area contributed by atoms with Crippen LogP contribution in [0.2, 0.25) is 0 Å². The third kappa shape index (κ3) is 4.51. The van der Waals surface area contributed by atoms with Crippen molar-refractivity contribution < 1.29 is 14.7 Å². The second-order valence-corrected chi connectivity index (χ2v) is 11.0. The lowest BCUT2D eigenvalue weighted by molar-refractivity contribution is 0.102. The fourth-order valence-electron chi connectivity index (χ4n) is 6.42. The van der Waals surface area contributed by atoms with Crippen molar-refractivity contribution in [1.29, 1.82) is 0 Å². The highest BCUT2D eigenvalue weighted by Gasteiger charge is 2.30. The number of benzene rings is 2. The van der Waals surface area contributed by atoms with Gasteiger partial charge >= 0.3 is 6.09 Å². The highest BCUT2D eigenvalue weighted by Crippen LogP contribution is 2.37. The number of carbonyl (C=O) groups is 2. The fourth-order valence-corrected chi connectivity index (χ4v) is 6.42. The van der Waals surface area contributed by atoms with E-state index >= 15 is 0 Å². The first kappa shape index (κ1) is 26.5. The molecule has 12 heteroatoms. The number of anilines is 2. The zero-order valence-corrected chi connectivity index (χ0v) is 23.3. The minimum Gasteiger partial charge on any atom is -0.465 e. The zero-order chi connectivity index (χ0) is 29.7. The number of nitrogens with zero attached hydrogens (tertiary/aromatic N) is 6. The smallest absolute Gasteiger partial charge is 0.407 e. The lowest BCUT2D eigenvalue weighted by Gasteiger charge is -2.29. The molecule has 0 spiro atoms. The van der Waals surface area contributed by atoms with Gasteiger partial charge in [0.25, 0.3) is 11.5 Å². The minimum atomic E-state index is -0.902. The molecule has 0 unspecified atom stereocenters. The highest BCUT2D eigenvalue weighted by atomic mass is 16.4. The van der Waals surface area contributed by atoms with Crippen molar-refractivity contribution in [3.8, 4) is 16.8 Å². The van der Waals surface area contributed by atoms with Crippen molar-refractivity contribution in [2.45, 2.75) is 38.1 Å². The Balaban J connectivity index is 1.17. The number of carboxylic acid groups (broad SMARTS) is 1. The van der Waals surface area contributed by atoms with E-state index in [-0.39, 0.29) is 17.0 Å². The molecule has 2 amide bonds. The molecule has 0 aliphatic carbocycles. The Morgan fingerprint density at radius 1 is 1.00 bits per heavy atom. The van der Waals surface area contributed by atoms with Crippen LogP contribution in [0.1, 0.15) is 46.9 Å². The Hall–Kier alpha value is -5.39. The lowest BCUT2D eigenvalue weighted by Crippen LogP contribution is -2.37. The number of nitrogen functional groups attached to an aromatic ring is 1. The van der Waals surface area contributed by atoms with Crippen molar-refractivity contribution in [3.63, 3.8) is 0 Å². The van der Waals surface area contributed by atoms with E-state index < -0.39 is 12.0 Å². The van der Waals surface area contributed by atoms with Gasteiger partial charge in [0.2, 0.25) is 0 Å². The first-order valence-corrected chi connectivity index (χ1v) is 14.3. The summed E-state index contributed by atoms with van der Waals surface area (Å²) in [6.45, 7) is 1.60. The number of hydrogen-bond donors (Lipinski definition) is 3. The van der Waals surface area contributed by atoms with Crippen LogP contribution < -0.4 is 16.6 Å². The highest BCUT2D eigenvalue weighted by molar-refractivity contribution is 6.05. The monoisotopic (exact) mass is 578 g/mol. The molecule has 0 atom stereocenters. The van der Waals surface area contributed by atoms with Crippen molar-refractivity contribution in [3.05, 3.63) is 94.3 Å². The zero-order valence-electron chi connectivity index (χ0n) is 23.3. The summed E-state index contributed by atoms with van der Waals surface area (Å²) < 4.78 is 5.30. The molecule has 1 fully saturated rings. The number of likely N-dealkylation sites (tertiary alicyclic amines) is 1. The van der Waals surface area contributed by atoms with Gasteiger partial charge in [0.1, 0.15) is 17.4 Å². The summed E-state index contributed by atoms with van der Waals surface area (Å²) in [5, 5.41) is 16.7. The van der Waals surface area contributed by atoms with Crippen LogP contribution in [0.25, 0.3) is 22.3 Å². The maximum absolute atomic E-state index is 13.4. The molecule has 218 valence electrons. The second-order valence-electron chi connectivity index (χ2n) is 11.0. The number of rotatable bonds is 5. The normalized spacial score (nSPS) is 15.1. The maximum Gasteiger partial charge on any atom is 0.407 e. The van der Waals surface area contributed by atoms with Gasteiger partial charge in [-0.1, -0.05) is 30.3 Å². The molecule has 3 aromatic heterocycles. The van der Waals surface area contributed by atoms with E-state index in [1.54, 1.807) is 21.3 Å². The number of nitrogens with one attached hydrogen (secondary N) is 1. The SMILES string of the molecule is Nc1ncnn2c(C3CCN(C(=O)O)CC3)cc(-c3ccc(NC(=O)c4c5n(n(-c6ccccc6)c4=O)CCC5)cc3)c12. The van der Waals surface area contributed by atoms with E-state index in [0.717, 1.165) is 34.6 Å². The third-order valence-corrected chi connectivity index (χ3v) is 8.51. The van der Waals surface area contributed by atoms with Crippen molar-refractivity contribution in [1.82, 2.24) is 28.9 Å². The molecule has 1 saturated heterocycles. The number of aromatic nitrogens is 5. The fraction of sp³-hybridized carbons (Fsp3) is 0.258. The number of amides is 2. The summed E-state index contributed by atoms with van der Waals surface area (Å²) >= 11 is 0. The number of nitrogens with two attached hydrogens (primary N) is 1. The average molecular weight is 579 g/mol. The third-order valence-electron chi connectivity index (χ3n) is 8.51. The van der Waals surface area contributed by atoms with Crippen LogP contribution in [0.4, 0.5) is 16.3 Å². The first-order valence-electron chi connectivity index (χ1n) is 14.3. The first-order chi connectivity index (χ1) is 20.9. The molecule has 43 heavy (non-hydrogen) atoms. The predicted molar refractivity (Wildman–Crippen MR) is 161 cm³/mol. The molecule has 2 aliphatic rings.